The van der Waals surface area contributed by atoms with E-state index in [0.29, 0.717) is 0 Å². The molecule has 2 N–H and O–H groups in total. The Morgan fingerprint density at radius 1 is 0.391 bits per heavy atom. The molecule has 0 saturated carbocycles. The van der Waals surface area contributed by atoms with E-state index in [2.05, 4.69) is 103 Å². The Labute approximate surface area is 261 Å². The molecule has 0 radical (unpaired) electrons. The first-order chi connectivity index (χ1) is 22.8. The van der Waals surface area contributed by atoms with E-state index in [1.807, 2.05) is 48.8 Å². The summed E-state index contributed by atoms with van der Waals surface area (Å²) in [6.45, 7) is 0. The molecule has 216 valence electrons. The fraction of sp³-hybridized carbons (Fsp3) is 0. The number of hydrogen-bond donors (Lipinski definition) is 2. The molecule has 0 fully saturated rings. The number of aromatic amines is 2. The van der Waals surface area contributed by atoms with Gasteiger partial charge in [-0.15, -0.1) is 0 Å². The zero-order valence-corrected chi connectivity index (χ0v) is 24.4. The van der Waals surface area contributed by atoms with Gasteiger partial charge in [0.25, 0.3) is 0 Å². The molecule has 0 aliphatic rings. The summed E-state index contributed by atoms with van der Waals surface area (Å²) in [5.74, 6) is 0. The molecule has 0 amide bonds. The van der Waals surface area contributed by atoms with E-state index >= 15 is 0 Å². The van der Waals surface area contributed by atoms with Gasteiger partial charge < -0.3 is 0 Å². The molecule has 0 saturated heterocycles. The third-order valence-corrected chi connectivity index (χ3v) is 8.34. The van der Waals surface area contributed by atoms with Gasteiger partial charge in [-0.25, -0.2) is 9.97 Å². The van der Waals surface area contributed by atoms with Crippen LogP contribution in [0.25, 0.3) is 87.9 Å². The van der Waals surface area contributed by atoms with Gasteiger partial charge in [-0.05, 0) is 45.8 Å². The number of fused-ring (bicyclic) bond motifs is 6. The Bertz CT molecular complexity index is 2530. The van der Waals surface area contributed by atoms with Crippen LogP contribution in [0.2, 0.25) is 0 Å². The maximum atomic E-state index is 4.82. The molecule has 10 aromatic rings. The molecule has 0 aliphatic heterocycles. The Kier molecular flexibility index (Phi) is 5.95. The highest BCUT2D eigenvalue weighted by Crippen LogP contribution is 2.30. The number of H-pyrrole nitrogens is 2. The number of hydrogen-bond acceptors (Lipinski definition) is 6. The normalized spacial score (nSPS) is 11.5. The lowest BCUT2D eigenvalue weighted by molar-refractivity contribution is 1.12. The second kappa shape index (κ2) is 10.6. The minimum Gasteiger partial charge on any atom is -0.278 e. The van der Waals surface area contributed by atoms with Gasteiger partial charge in [0.1, 0.15) is 0 Å². The highest BCUT2D eigenvalue weighted by molar-refractivity contribution is 5.99. The van der Waals surface area contributed by atoms with Crippen LogP contribution in [0.4, 0.5) is 0 Å². The molecular weight excluding hydrogens is 568 g/mol. The average Bonchev–Trinajstić information content (AvgIpc) is 3.78. The van der Waals surface area contributed by atoms with Crippen LogP contribution in [0.3, 0.4) is 0 Å². The third kappa shape index (κ3) is 4.48. The van der Waals surface area contributed by atoms with E-state index in [9.17, 15) is 0 Å². The first kappa shape index (κ1) is 25.9. The SMILES string of the molecule is c1ccc2c(-c3cnc4cc5[nH]ncc5cc4n3)cccc2c1.c1ccc2c(-c3cnc4cc5cn[nH]c5cc4n3)cccc2c1. The van der Waals surface area contributed by atoms with Crippen molar-refractivity contribution >= 4 is 65.4 Å². The van der Waals surface area contributed by atoms with Crippen molar-refractivity contribution < 1.29 is 0 Å². The minimum absolute atomic E-state index is 0.866. The number of aromatic nitrogens is 8. The van der Waals surface area contributed by atoms with Crippen molar-refractivity contribution in [3.63, 3.8) is 0 Å². The number of nitrogens with zero attached hydrogens (tertiary/aromatic N) is 6. The van der Waals surface area contributed by atoms with Crippen molar-refractivity contribution in [2.45, 2.75) is 0 Å². The molecule has 4 aromatic heterocycles. The van der Waals surface area contributed by atoms with Crippen molar-refractivity contribution in [1.82, 2.24) is 40.3 Å². The zero-order chi connectivity index (χ0) is 30.5. The Morgan fingerprint density at radius 3 is 1.43 bits per heavy atom. The summed E-state index contributed by atoms with van der Waals surface area (Å²) in [7, 11) is 0. The lowest BCUT2D eigenvalue weighted by Gasteiger charge is -2.07. The predicted molar refractivity (Wildman–Crippen MR) is 184 cm³/mol. The van der Waals surface area contributed by atoms with Crippen LogP contribution in [0.5, 0.6) is 0 Å². The maximum absolute atomic E-state index is 4.82. The molecule has 8 heteroatoms. The highest BCUT2D eigenvalue weighted by Gasteiger charge is 2.10. The number of nitrogens with one attached hydrogen (secondary N) is 2. The van der Waals surface area contributed by atoms with Gasteiger partial charge in [-0.1, -0.05) is 84.9 Å². The lowest BCUT2D eigenvalue weighted by Crippen LogP contribution is -1.90. The van der Waals surface area contributed by atoms with E-state index in [0.717, 1.165) is 66.4 Å². The Hall–Kier alpha value is -6.54. The topological polar surface area (TPSA) is 109 Å². The van der Waals surface area contributed by atoms with Crippen LogP contribution in [0, 0.1) is 0 Å². The van der Waals surface area contributed by atoms with Crippen molar-refractivity contribution in [2.24, 2.45) is 0 Å². The van der Waals surface area contributed by atoms with Crippen LogP contribution < -0.4 is 0 Å². The van der Waals surface area contributed by atoms with Crippen molar-refractivity contribution in [3.05, 3.63) is 134 Å². The summed E-state index contributed by atoms with van der Waals surface area (Å²) in [5.41, 5.74) is 9.41. The van der Waals surface area contributed by atoms with Gasteiger partial charge in [0.2, 0.25) is 0 Å². The fourth-order valence-corrected chi connectivity index (χ4v) is 6.06. The second-order valence-corrected chi connectivity index (χ2v) is 11.2. The molecule has 0 spiro atoms. The highest BCUT2D eigenvalue weighted by atomic mass is 15.1. The monoisotopic (exact) mass is 592 g/mol. The summed E-state index contributed by atoms with van der Waals surface area (Å²) in [6.07, 6.45) is 7.29. The Morgan fingerprint density at radius 2 is 0.848 bits per heavy atom. The Balaban J connectivity index is 0.000000127. The summed E-state index contributed by atoms with van der Waals surface area (Å²) in [4.78, 5) is 18.8. The van der Waals surface area contributed by atoms with E-state index in [1.165, 1.54) is 21.5 Å². The summed E-state index contributed by atoms with van der Waals surface area (Å²) >= 11 is 0. The van der Waals surface area contributed by atoms with E-state index in [1.54, 1.807) is 12.4 Å². The van der Waals surface area contributed by atoms with E-state index in [-0.39, 0.29) is 0 Å². The molecule has 4 heterocycles. The van der Waals surface area contributed by atoms with Crippen molar-refractivity contribution in [2.75, 3.05) is 0 Å². The molecule has 6 aromatic carbocycles. The lowest BCUT2D eigenvalue weighted by atomic mass is 10.0. The van der Waals surface area contributed by atoms with E-state index in [4.69, 9.17) is 9.97 Å². The van der Waals surface area contributed by atoms with Gasteiger partial charge in [-0.2, -0.15) is 10.2 Å². The van der Waals surface area contributed by atoms with Crippen LogP contribution in [0.15, 0.2) is 134 Å². The molecular formula is C38H24N8. The molecule has 0 atom stereocenters. The standard InChI is InChI=1S/2C19H12N4/c1-2-6-14-12(4-1)5-3-7-15(14)19-11-20-17-9-16-13(10-21-23-16)8-18(17)22-19;1-2-6-14-12(4-1)5-3-7-15(14)19-11-20-17-8-13-10-21-23-16(13)9-18(17)22-19/h2*1-11H,(H,21,23). The van der Waals surface area contributed by atoms with Crippen molar-refractivity contribution in [3.8, 4) is 22.5 Å². The molecule has 0 unspecified atom stereocenters. The fourth-order valence-electron chi connectivity index (χ4n) is 6.06. The van der Waals surface area contributed by atoms with Gasteiger partial charge >= 0.3 is 0 Å². The van der Waals surface area contributed by atoms with Gasteiger partial charge in [-0.3, -0.25) is 20.2 Å². The smallest absolute Gasteiger partial charge is 0.0916 e. The third-order valence-electron chi connectivity index (χ3n) is 8.34. The summed E-state index contributed by atoms with van der Waals surface area (Å²) in [5, 5.41) is 21.0. The minimum atomic E-state index is 0.866. The zero-order valence-electron chi connectivity index (χ0n) is 24.4. The number of benzene rings is 6. The number of rotatable bonds is 2. The van der Waals surface area contributed by atoms with Crippen LogP contribution in [-0.4, -0.2) is 40.3 Å². The van der Waals surface area contributed by atoms with Gasteiger partial charge in [0.05, 0.1) is 69.3 Å². The first-order valence-electron chi connectivity index (χ1n) is 14.9. The average molecular weight is 593 g/mol. The van der Waals surface area contributed by atoms with Crippen molar-refractivity contribution in [1.29, 1.82) is 0 Å². The second-order valence-electron chi connectivity index (χ2n) is 11.2. The predicted octanol–water partition coefficient (Wildman–Crippen LogP) is 8.65. The molecule has 0 aliphatic carbocycles. The maximum Gasteiger partial charge on any atom is 0.0916 e. The molecule has 0 bridgehead atoms. The van der Waals surface area contributed by atoms with Crippen LogP contribution in [-0.2, 0) is 0 Å². The summed E-state index contributed by atoms with van der Waals surface area (Å²) < 4.78 is 0. The van der Waals surface area contributed by atoms with Crippen LogP contribution >= 0.6 is 0 Å². The molecule has 8 nitrogen and oxygen atoms in total. The molecule has 10 rings (SSSR count). The molecule has 46 heavy (non-hydrogen) atoms. The van der Waals surface area contributed by atoms with Gasteiger partial charge in [0.15, 0.2) is 0 Å². The first-order valence-corrected chi connectivity index (χ1v) is 14.9. The largest absolute Gasteiger partial charge is 0.278 e. The van der Waals surface area contributed by atoms with Gasteiger partial charge in [0, 0.05) is 21.9 Å². The van der Waals surface area contributed by atoms with Crippen LogP contribution in [0.1, 0.15) is 0 Å². The summed E-state index contributed by atoms with van der Waals surface area (Å²) in [6, 6.07) is 37.2. The van der Waals surface area contributed by atoms with E-state index < -0.39 is 0 Å². The quantitative estimate of drug-likeness (QED) is 0.208.